The van der Waals surface area contributed by atoms with E-state index in [4.69, 9.17) is 0 Å². The molecule has 1 aromatic carbocycles. The lowest BCUT2D eigenvalue weighted by Gasteiger charge is -2.06. The van der Waals surface area contributed by atoms with Crippen molar-refractivity contribution in [2.75, 3.05) is 10.6 Å². The number of pyridine rings is 2. The maximum absolute atomic E-state index is 4.51. The Morgan fingerprint density at radius 1 is 0.826 bits per heavy atom. The smallest absolute Gasteiger partial charge is 0.247 e. The van der Waals surface area contributed by atoms with E-state index < -0.39 is 0 Å². The molecular formula is C17H16N6. The summed E-state index contributed by atoms with van der Waals surface area (Å²) < 4.78 is 1.75. The summed E-state index contributed by atoms with van der Waals surface area (Å²) in [6.07, 6.45) is 1.74. The minimum absolute atomic E-state index is 0. The summed E-state index contributed by atoms with van der Waals surface area (Å²) in [7, 11) is 0. The van der Waals surface area contributed by atoms with Gasteiger partial charge in [0.05, 0.1) is 0 Å². The van der Waals surface area contributed by atoms with Gasteiger partial charge in [0.2, 0.25) is 5.95 Å². The van der Waals surface area contributed by atoms with Crippen molar-refractivity contribution in [3.63, 3.8) is 0 Å². The SMILES string of the molecule is [HH].c1ccc(Nc2nc3cccc(Nc4ccccn4)n3n2)cc1. The Morgan fingerprint density at radius 3 is 2.52 bits per heavy atom. The standard InChI is InChI=1S/C17H14N6.H2/c1-2-7-13(8-3-1)19-17-21-16-11-6-10-15(23(16)22-17)20-14-9-4-5-12-18-14;/h1-12H,(H,18,20)(H,19,22);1H. The number of fused-ring (bicyclic) bond motifs is 1. The van der Waals surface area contributed by atoms with Gasteiger partial charge in [-0.25, -0.2) is 4.98 Å². The third-order valence-electron chi connectivity index (χ3n) is 3.31. The van der Waals surface area contributed by atoms with Crippen LogP contribution < -0.4 is 10.6 Å². The first kappa shape index (κ1) is 13.3. The van der Waals surface area contributed by atoms with Gasteiger partial charge in [0, 0.05) is 13.3 Å². The van der Waals surface area contributed by atoms with Gasteiger partial charge in [-0.3, -0.25) is 0 Å². The molecule has 0 spiro atoms. The Morgan fingerprint density at radius 2 is 1.70 bits per heavy atom. The monoisotopic (exact) mass is 304 g/mol. The van der Waals surface area contributed by atoms with Crippen molar-refractivity contribution >= 4 is 28.9 Å². The molecule has 6 heteroatoms. The Balaban J connectivity index is 0.00000169. The second kappa shape index (κ2) is 5.76. The van der Waals surface area contributed by atoms with Gasteiger partial charge in [0.1, 0.15) is 11.6 Å². The molecule has 2 N–H and O–H groups in total. The van der Waals surface area contributed by atoms with Gasteiger partial charge in [-0.2, -0.15) is 9.50 Å². The summed E-state index contributed by atoms with van der Waals surface area (Å²) in [5.74, 6) is 2.11. The van der Waals surface area contributed by atoms with Gasteiger partial charge >= 0.3 is 0 Å². The van der Waals surface area contributed by atoms with Gasteiger partial charge < -0.3 is 10.6 Å². The minimum Gasteiger partial charge on any atom is -0.325 e. The molecule has 0 unspecified atom stereocenters. The van der Waals surface area contributed by atoms with Crippen molar-refractivity contribution < 1.29 is 1.43 Å². The molecule has 3 heterocycles. The summed E-state index contributed by atoms with van der Waals surface area (Å²) >= 11 is 0. The van der Waals surface area contributed by atoms with Crippen molar-refractivity contribution in [1.82, 2.24) is 19.6 Å². The van der Waals surface area contributed by atoms with Crippen LogP contribution in [0.5, 0.6) is 0 Å². The van der Waals surface area contributed by atoms with Crippen molar-refractivity contribution in [2.45, 2.75) is 0 Å². The summed E-state index contributed by atoms with van der Waals surface area (Å²) in [6, 6.07) is 21.3. The number of hydrogen-bond donors (Lipinski definition) is 2. The van der Waals surface area contributed by atoms with Gasteiger partial charge in [-0.1, -0.05) is 30.3 Å². The Hall–Kier alpha value is -3.41. The van der Waals surface area contributed by atoms with Crippen molar-refractivity contribution in [3.05, 3.63) is 72.9 Å². The van der Waals surface area contributed by atoms with Crippen LogP contribution in [0.4, 0.5) is 23.3 Å². The van der Waals surface area contributed by atoms with E-state index in [2.05, 4.69) is 25.7 Å². The molecular weight excluding hydrogens is 288 g/mol. The van der Waals surface area contributed by atoms with E-state index in [0.29, 0.717) is 5.95 Å². The zero-order valence-electron chi connectivity index (χ0n) is 12.2. The molecule has 0 fully saturated rings. The highest BCUT2D eigenvalue weighted by atomic mass is 15.4. The molecule has 6 nitrogen and oxygen atoms in total. The predicted molar refractivity (Wildman–Crippen MR) is 92.3 cm³/mol. The molecule has 4 aromatic rings. The van der Waals surface area contributed by atoms with E-state index in [1.807, 2.05) is 66.7 Å². The predicted octanol–water partition coefficient (Wildman–Crippen LogP) is 3.86. The van der Waals surface area contributed by atoms with Gasteiger partial charge in [-0.05, 0) is 36.4 Å². The molecule has 0 aliphatic heterocycles. The Kier molecular flexibility index (Phi) is 3.32. The van der Waals surface area contributed by atoms with E-state index in [1.54, 1.807) is 10.7 Å². The van der Waals surface area contributed by atoms with Crippen LogP contribution in [0.25, 0.3) is 5.65 Å². The van der Waals surface area contributed by atoms with Crippen LogP contribution in [0.15, 0.2) is 72.9 Å². The summed E-state index contributed by atoms with van der Waals surface area (Å²) in [5.41, 5.74) is 1.70. The number of para-hydroxylation sites is 1. The van der Waals surface area contributed by atoms with Crippen LogP contribution in [-0.4, -0.2) is 19.6 Å². The van der Waals surface area contributed by atoms with Gasteiger partial charge in [0.15, 0.2) is 5.65 Å². The Bertz CT molecular complexity index is 924. The van der Waals surface area contributed by atoms with Crippen LogP contribution in [0.2, 0.25) is 0 Å². The highest BCUT2D eigenvalue weighted by Crippen LogP contribution is 2.18. The molecule has 4 rings (SSSR count). The fourth-order valence-corrected chi connectivity index (χ4v) is 2.27. The molecule has 0 bridgehead atoms. The largest absolute Gasteiger partial charge is 0.325 e. The second-order valence-corrected chi connectivity index (χ2v) is 4.95. The number of aromatic nitrogens is 4. The summed E-state index contributed by atoms with van der Waals surface area (Å²) in [6.45, 7) is 0. The van der Waals surface area contributed by atoms with Crippen LogP contribution in [0.3, 0.4) is 0 Å². The minimum atomic E-state index is 0. The topological polar surface area (TPSA) is 67.1 Å². The molecule has 3 aromatic heterocycles. The lowest BCUT2D eigenvalue weighted by molar-refractivity contribution is 0.970. The van der Waals surface area contributed by atoms with E-state index in [1.165, 1.54) is 0 Å². The van der Waals surface area contributed by atoms with Gasteiger partial charge in [-0.15, -0.1) is 5.10 Å². The number of nitrogens with one attached hydrogen (secondary N) is 2. The maximum Gasteiger partial charge on any atom is 0.247 e. The third-order valence-corrected chi connectivity index (χ3v) is 3.31. The van der Waals surface area contributed by atoms with Crippen molar-refractivity contribution in [1.29, 1.82) is 0 Å². The van der Waals surface area contributed by atoms with Gasteiger partial charge in [0.25, 0.3) is 0 Å². The van der Waals surface area contributed by atoms with E-state index in [0.717, 1.165) is 23.0 Å². The Labute approximate surface area is 134 Å². The second-order valence-electron chi connectivity index (χ2n) is 4.95. The number of anilines is 4. The number of rotatable bonds is 4. The molecule has 0 aliphatic rings. The van der Waals surface area contributed by atoms with Crippen LogP contribution in [-0.2, 0) is 0 Å². The fourth-order valence-electron chi connectivity index (χ4n) is 2.27. The molecule has 0 amide bonds. The zero-order valence-corrected chi connectivity index (χ0v) is 12.2. The fraction of sp³-hybridized carbons (Fsp3) is 0. The summed E-state index contributed by atoms with van der Waals surface area (Å²) in [4.78, 5) is 8.76. The number of benzene rings is 1. The number of hydrogen-bond acceptors (Lipinski definition) is 5. The zero-order chi connectivity index (χ0) is 15.5. The van der Waals surface area contributed by atoms with Crippen LogP contribution in [0, 0.1) is 0 Å². The third kappa shape index (κ3) is 2.82. The first-order valence-corrected chi connectivity index (χ1v) is 7.24. The first-order valence-electron chi connectivity index (χ1n) is 7.24. The van der Waals surface area contributed by atoms with E-state index >= 15 is 0 Å². The molecule has 0 saturated carbocycles. The first-order chi connectivity index (χ1) is 11.4. The van der Waals surface area contributed by atoms with Crippen LogP contribution >= 0.6 is 0 Å². The summed E-state index contributed by atoms with van der Waals surface area (Å²) in [5, 5.41) is 11.0. The highest BCUT2D eigenvalue weighted by molar-refractivity contribution is 5.60. The molecule has 0 aliphatic carbocycles. The average molecular weight is 304 g/mol. The van der Waals surface area contributed by atoms with Crippen molar-refractivity contribution in [2.24, 2.45) is 0 Å². The average Bonchev–Trinajstić information content (AvgIpc) is 3.00. The molecule has 23 heavy (non-hydrogen) atoms. The molecule has 0 saturated heterocycles. The lowest BCUT2D eigenvalue weighted by Crippen LogP contribution is -2.01. The lowest BCUT2D eigenvalue weighted by atomic mass is 10.3. The maximum atomic E-state index is 4.51. The van der Waals surface area contributed by atoms with E-state index in [9.17, 15) is 0 Å². The molecule has 114 valence electrons. The normalized spacial score (nSPS) is 10.6. The van der Waals surface area contributed by atoms with Crippen LogP contribution in [0.1, 0.15) is 1.43 Å². The molecule has 0 radical (unpaired) electrons. The number of nitrogens with zero attached hydrogens (tertiary/aromatic N) is 4. The van der Waals surface area contributed by atoms with E-state index in [-0.39, 0.29) is 1.43 Å². The van der Waals surface area contributed by atoms with Crippen molar-refractivity contribution in [3.8, 4) is 0 Å². The highest BCUT2D eigenvalue weighted by Gasteiger charge is 2.07. The quantitative estimate of drug-likeness (QED) is 0.599. The molecule has 0 atom stereocenters.